The van der Waals surface area contributed by atoms with Crippen LogP contribution in [0.4, 0.5) is 5.69 Å². The maximum absolute atomic E-state index is 5.80. The molecule has 1 aliphatic rings. The van der Waals surface area contributed by atoms with Crippen molar-refractivity contribution < 1.29 is 0 Å². The van der Waals surface area contributed by atoms with Crippen LogP contribution in [-0.2, 0) is 7.05 Å². The molecule has 90 valence electrons. The molecule has 0 amide bonds. The molecule has 0 aromatic carbocycles. The highest BCUT2D eigenvalue weighted by atomic mass is 15.3. The van der Waals surface area contributed by atoms with Gasteiger partial charge in [-0.25, -0.2) is 4.98 Å². The van der Waals surface area contributed by atoms with E-state index in [0.29, 0.717) is 12.0 Å². The molecule has 6 nitrogen and oxygen atoms in total. The zero-order valence-electron chi connectivity index (χ0n) is 10.0. The van der Waals surface area contributed by atoms with E-state index >= 15 is 0 Å². The number of aryl methyl sites for hydroxylation is 2. The topological polar surface area (TPSA) is 74.5 Å². The highest BCUT2D eigenvalue weighted by Gasteiger charge is 2.34. The lowest BCUT2D eigenvalue weighted by molar-refractivity contribution is 0.233. The Morgan fingerprint density at radius 1 is 1.41 bits per heavy atom. The van der Waals surface area contributed by atoms with Crippen LogP contribution in [0.2, 0.25) is 0 Å². The van der Waals surface area contributed by atoms with E-state index in [-0.39, 0.29) is 0 Å². The Balaban J connectivity index is 1.71. The van der Waals surface area contributed by atoms with Crippen LogP contribution in [0.25, 0.3) is 0 Å². The maximum Gasteiger partial charge on any atom is 0.138 e. The van der Waals surface area contributed by atoms with Crippen LogP contribution < -0.4 is 5.73 Å². The number of nitrogens with two attached hydrogens (primary N) is 1. The summed E-state index contributed by atoms with van der Waals surface area (Å²) in [6, 6.07) is 0.452. The van der Waals surface area contributed by atoms with Crippen molar-refractivity contribution in [1.29, 1.82) is 0 Å². The van der Waals surface area contributed by atoms with Crippen LogP contribution in [0.1, 0.15) is 36.3 Å². The minimum Gasteiger partial charge on any atom is -0.396 e. The SMILES string of the molecule is Cc1nn([C@H]2C[C@H](c3ncnn3C)C2)cc1N. The summed E-state index contributed by atoms with van der Waals surface area (Å²) in [7, 11) is 1.94. The van der Waals surface area contributed by atoms with E-state index < -0.39 is 0 Å². The highest BCUT2D eigenvalue weighted by molar-refractivity contribution is 5.39. The number of rotatable bonds is 2. The molecule has 1 aliphatic carbocycles. The van der Waals surface area contributed by atoms with Crippen molar-refractivity contribution in [2.24, 2.45) is 7.05 Å². The van der Waals surface area contributed by atoms with Gasteiger partial charge in [-0.05, 0) is 19.8 Å². The summed E-state index contributed by atoms with van der Waals surface area (Å²) in [5.41, 5.74) is 7.48. The fourth-order valence-corrected chi connectivity index (χ4v) is 2.37. The van der Waals surface area contributed by atoms with E-state index in [9.17, 15) is 0 Å². The normalized spacial score (nSPS) is 23.6. The van der Waals surface area contributed by atoms with Gasteiger partial charge in [0.2, 0.25) is 0 Å². The Labute approximate surface area is 99.4 Å². The number of nitrogen functional groups attached to an aromatic ring is 1. The van der Waals surface area contributed by atoms with Crippen LogP contribution in [-0.4, -0.2) is 24.5 Å². The molecule has 2 aromatic rings. The minimum absolute atomic E-state index is 0.452. The zero-order valence-corrected chi connectivity index (χ0v) is 10.0. The summed E-state index contributed by atoms with van der Waals surface area (Å²) in [6.07, 6.45) is 5.66. The lowest BCUT2D eigenvalue weighted by Crippen LogP contribution is -2.27. The molecule has 2 N–H and O–H groups in total. The van der Waals surface area contributed by atoms with Crippen molar-refractivity contribution in [1.82, 2.24) is 24.5 Å². The molecule has 1 saturated carbocycles. The Morgan fingerprint density at radius 2 is 2.18 bits per heavy atom. The molecule has 0 spiro atoms. The second-order valence-corrected chi connectivity index (χ2v) is 4.71. The van der Waals surface area contributed by atoms with Crippen LogP contribution in [0.15, 0.2) is 12.5 Å². The Morgan fingerprint density at radius 3 is 2.71 bits per heavy atom. The molecule has 17 heavy (non-hydrogen) atoms. The van der Waals surface area contributed by atoms with Crippen LogP contribution in [0.5, 0.6) is 0 Å². The van der Waals surface area contributed by atoms with Gasteiger partial charge >= 0.3 is 0 Å². The van der Waals surface area contributed by atoms with Crippen molar-refractivity contribution in [3.8, 4) is 0 Å². The van der Waals surface area contributed by atoms with Crippen molar-refractivity contribution in [3.05, 3.63) is 24.0 Å². The average molecular weight is 232 g/mol. The largest absolute Gasteiger partial charge is 0.396 e. The molecule has 0 unspecified atom stereocenters. The molecule has 0 atom stereocenters. The fraction of sp³-hybridized carbons (Fsp3) is 0.545. The third kappa shape index (κ3) is 1.60. The number of hydrogen-bond donors (Lipinski definition) is 1. The fourth-order valence-electron chi connectivity index (χ4n) is 2.37. The lowest BCUT2D eigenvalue weighted by atomic mass is 9.80. The van der Waals surface area contributed by atoms with E-state index in [0.717, 1.165) is 30.0 Å². The smallest absolute Gasteiger partial charge is 0.138 e. The van der Waals surface area contributed by atoms with E-state index in [1.54, 1.807) is 6.33 Å². The third-order valence-electron chi connectivity index (χ3n) is 3.55. The van der Waals surface area contributed by atoms with Gasteiger partial charge in [-0.2, -0.15) is 10.2 Å². The molecule has 6 heteroatoms. The molecule has 1 fully saturated rings. The van der Waals surface area contributed by atoms with Crippen molar-refractivity contribution in [2.45, 2.75) is 31.7 Å². The first-order chi connectivity index (χ1) is 8.15. The molecule has 3 rings (SSSR count). The average Bonchev–Trinajstić information content (AvgIpc) is 2.74. The third-order valence-corrected chi connectivity index (χ3v) is 3.55. The number of anilines is 1. The molecule has 0 aliphatic heterocycles. The first kappa shape index (κ1) is 10.3. The van der Waals surface area contributed by atoms with Gasteiger partial charge in [0.05, 0.1) is 17.4 Å². The Hall–Kier alpha value is -1.85. The molecule has 0 radical (unpaired) electrons. The van der Waals surface area contributed by atoms with Gasteiger partial charge in [0, 0.05) is 19.2 Å². The second-order valence-electron chi connectivity index (χ2n) is 4.71. The molecule has 2 heterocycles. The standard InChI is InChI=1S/C11H16N6/c1-7-10(12)5-17(15-7)9-3-8(4-9)11-13-6-14-16(11)2/h5-6,8-9H,3-4,12H2,1-2H3/t8-,9-. The van der Waals surface area contributed by atoms with Gasteiger partial charge in [0.15, 0.2) is 0 Å². The summed E-state index contributed by atoms with van der Waals surface area (Å²) in [5, 5.41) is 8.52. The summed E-state index contributed by atoms with van der Waals surface area (Å²) < 4.78 is 3.83. The number of nitrogens with zero attached hydrogens (tertiary/aromatic N) is 5. The van der Waals surface area contributed by atoms with E-state index in [1.165, 1.54) is 0 Å². The summed E-state index contributed by atoms with van der Waals surface area (Å²) in [4.78, 5) is 4.29. The van der Waals surface area contributed by atoms with Gasteiger partial charge in [-0.3, -0.25) is 9.36 Å². The van der Waals surface area contributed by atoms with E-state index in [2.05, 4.69) is 15.2 Å². The summed E-state index contributed by atoms with van der Waals surface area (Å²) in [5.74, 6) is 1.57. The van der Waals surface area contributed by atoms with Gasteiger partial charge in [-0.1, -0.05) is 0 Å². The second kappa shape index (κ2) is 3.58. The summed E-state index contributed by atoms with van der Waals surface area (Å²) in [6.45, 7) is 1.94. The van der Waals surface area contributed by atoms with Gasteiger partial charge in [0.1, 0.15) is 12.2 Å². The minimum atomic E-state index is 0.452. The predicted octanol–water partition coefficient (Wildman–Crippen LogP) is 1.02. The maximum atomic E-state index is 5.80. The van der Waals surface area contributed by atoms with Gasteiger partial charge in [0.25, 0.3) is 0 Å². The highest BCUT2D eigenvalue weighted by Crippen LogP contribution is 2.43. The Kier molecular flexibility index (Phi) is 2.17. The quantitative estimate of drug-likeness (QED) is 0.838. The van der Waals surface area contributed by atoms with Crippen molar-refractivity contribution in [3.63, 3.8) is 0 Å². The lowest BCUT2D eigenvalue weighted by Gasteiger charge is -2.34. The molecule has 2 aromatic heterocycles. The van der Waals surface area contributed by atoms with E-state index in [1.807, 2.05) is 29.5 Å². The number of hydrogen-bond acceptors (Lipinski definition) is 4. The predicted molar refractivity (Wildman–Crippen MR) is 63.4 cm³/mol. The molecular weight excluding hydrogens is 216 g/mol. The Bertz CT molecular complexity index is 514. The molecular formula is C11H16N6. The zero-order chi connectivity index (χ0) is 12.0. The van der Waals surface area contributed by atoms with Crippen LogP contribution >= 0.6 is 0 Å². The van der Waals surface area contributed by atoms with Crippen LogP contribution in [0, 0.1) is 6.92 Å². The van der Waals surface area contributed by atoms with Crippen LogP contribution in [0.3, 0.4) is 0 Å². The monoisotopic (exact) mass is 232 g/mol. The van der Waals surface area contributed by atoms with Gasteiger partial charge < -0.3 is 5.73 Å². The summed E-state index contributed by atoms with van der Waals surface area (Å²) >= 11 is 0. The molecule has 0 saturated heterocycles. The van der Waals surface area contributed by atoms with Crippen molar-refractivity contribution >= 4 is 5.69 Å². The molecule has 0 bridgehead atoms. The first-order valence-electron chi connectivity index (χ1n) is 5.80. The first-order valence-corrected chi connectivity index (χ1v) is 5.80. The number of aromatic nitrogens is 5. The van der Waals surface area contributed by atoms with Crippen molar-refractivity contribution in [2.75, 3.05) is 5.73 Å². The van der Waals surface area contributed by atoms with E-state index in [4.69, 9.17) is 5.73 Å². The van der Waals surface area contributed by atoms with Gasteiger partial charge in [-0.15, -0.1) is 0 Å².